The highest BCUT2D eigenvalue weighted by Gasteiger charge is 2.20. The molecule has 3 nitrogen and oxygen atoms in total. The molecule has 0 radical (unpaired) electrons. The van der Waals surface area contributed by atoms with E-state index in [0.29, 0.717) is 11.6 Å². The Balaban J connectivity index is 2.35. The molecule has 1 heterocycles. The van der Waals surface area contributed by atoms with Crippen LogP contribution in [0.15, 0.2) is 35.7 Å². The third kappa shape index (κ3) is 3.61. The highest BCUT2D eigenvalue weighted by atomic mass is 32.1. The van der Waals surface area contributed by atoms with Crippen molar-refractivity contribution in [3.8, 4) is 0 Å². The molecule has 0 aliphatic heterocycles. The summed E-state index contributed by atoms with van der Waals surface area (Å²) in [4.78, 5) is 13.0. The van der Waals surface area contributed by atoms with Gasteiger partial charge in [0.25, 0.3) is 0 Å². The number of ether oxygens (including phenoxy) is 1. The molecule has 5 heteroatoms. The van der Waals surface area contributed by atoms with Crippen LogP contribution in [0.2, 0.25) is 0 Å². The second-order valence-electron chi connectivity index (χ2n) is 5.06. The van der Waals surface area contributed by atoms with Crippen LogP contribution < -0.4 is 5.32 Å². The number of benzene rings is 1. The summed E-state index contributed by atoms with van der Waals surface area (Å²) in [6.45, 7) is 4.19. The van der Waals surface area contributed by atoms with Crippen molar-refractivity contribution < 1.29 is 13.9 Å². The summed E-state index contributed by atoms with van der Waals surface area (Å²) in [5.74, 6) is -0.692. The van der Waals surface area contributed by atoms with E-state index in [0.717, 1.165) is 0 Å². The van der Waals surface area contributed by atoms with Crippen LogP contribution in [0.1, 0.15) is 35.1 Å². The van der Waals surface area contributed by atoms with Crippen molar-refractivity contribution >= 4 is 23.0 Å². The number of rotatable bonds is 5. The molecular weight excluding hydrogens is 289 g/mol. The predicted molar refractivity (Wildman–Crippen MR) is 83.3 cm³/mol. The lowest BCUT2D eigenvalue weighted by Crippen LogP contribution is -2.18. The molecule has 1 unspecified atom stereocenters. The van der Waals surface area contributed by atoms with Crippen LogP contribution in [0, 0.1) is 11.7 Å². The average Bonchev–Trinajstić information content (AvgIpc) is 2.98. The SMILES string of the molecule is COC(=O)c1cc(F)ccc1NC(c1cccs1)C(C)C. The maximum Gasteiger partial charge on any atom is 0.340 e. The molecule has 0 spiro atoms. The summed E-state index contributed by atoms with van der Waals surface area (Å²) in [7, 11) is 1.29. The van der Waals surface area contributed by atoms with Crippen LogP contribution in [0.5, 0.6) is 0 Å². The lowest BCUT2D eigenvalue weighted by molar-refractivity contribution is 0.0601. The molecule has 1 atom stereocenters. The van der Waals surface area contributed by atoms with Crippen molar-refractivity contribution in [1.82, 2.24) is 0 Å². The topological polar surface area (TPSA) is 38.3 Å². The van der Waals surface area contributed by atoms with Gasteiger partial charge in [-0.25, -0.2) is 9.18 Å². The largest absolute Gasteiger partial charge is 0.465 e. The van der Waals surface area contributed by atoms with E-state index in [2.05, 4.69) is 19.2 Å². The van der Waals surface area contributed by atoms with Gasteiger partial charge in [0.2, 0.25) is 0 Å². The number of carbonyl (C=O) groups is 1. The van der Waals surface area contributed by atoms with E-state index in [1.54, 1.807) is 17.4 Å². The summed E-state index contributed by atoms with van der Waals surface area (Å²) in [5, 5.41) is 5.35. The smallest absolute Gasteiger partial charge is 0.340 e. The minimum Gasteiger partial charge on any atom is -0.465 e. The molecule has 0 aliphatic carbocycles. The monoisotopic (exact) mass is 307 g/mol. The lowest BCUT2D eigenvalue weighted by Gasteiger charge is -2.23. The van der Waals surface area contributed by atoms with Gasteiger partial charge in [0.15, 0.2) is 0 Å². The number of carbonyl (C=O) groups excluding carboxylic acids is 1. The van der Waals surface area contributed by atoms with E-state index in [1.165, 1.54) is 24.1 Å². The molecule has 1 aromatic carbocycles. The van der Waals surface area contributed by atoms with Gasteiger partial charge >= 0.3 is 5.97 Å². The summed E-state index contributed by atoms with van der Waals surface area (Å²) < 4.78 is 18.1. The second kappa shape index (κ2) is 6.72. The van der Waals surface area contributed by atoms with E-state index >= 15 is 0 Å². The first-order chi connectivity index (χ1) is 10.0. The van der Waals surface area contributed by atoms with Gasteiger partial charge in [0.1, 0.15) is 5.82 Å². The molecule has 1 N–H and O–H groups in total. The number of thiophene rings is 1. The van der Waals surface area contributed by atoms with E-state index < -0.39 is 11.8 Å². The van der Waals surface area contributed by atoms with Gasteiger partial charge in [0.05, 0.1) is 18.7 Å². The number of methoxy groups -OCH3 is 1. The van der Waals surface area contributed by atoms with Gasteiger partial charge in [-0.15, -0.1) is 11.3 Å². The highest BCUT2D eigenvalue weighted by Crippen LogP contribution is 2.31. The van der Waals surface area contributed by atoms with E-state index in [9.17, 15) is 9.18 Å². The molecule has 0 bridgehead atoms. The number of hydrogen-bond acceptors (Lipinski definition) is 4. The molecule has 0 saturated carbocycles. The summed E-state index contributed by atoms with van der Waals surface area (Å²) >= 11 is 1.65. The number of halogens is 1. The van der Waals surface area contributed by atoms with Gasteiger partial charge in [0, 0.05) is 10.6 Å². The van der Waals surface area contributed by atoms with E-state index in [-0.39, 0.29) is 11.6 Å². The fourth-order valence-electron chi connectivity index (χ4n) is 2.12. The van der Waals surface area contributed by atoms with E-state index in [1.807, 2.05) is 17.5 Å². The molecule has 0 fully saturated rings. The zero-order chi connectivity index (χ0) is 15.4. The Morgan fingerprint density at radius 3 is 2.67 bits per heavy atom. The Morgan fingerprint density at radius 2 is 2.10 bits per heavy atom. The Kier molecular flexibility index (Phi) is 4.96. The Labute approximate surface area is 127 Å². The van der Waals surface area contributed by atoms with Crippen LogP contribution in [-0.2, 0) is 4.74 Å². The number of esters is 1. The zero-order valence-electron chi connectivity index (χ0n) is 12.2. The average molecular weight is 307 g/mol. The molecule has 0 saturated heterocycles. The van der Waals surface area contributed by atoms with Gasteiger partial charge in [-0.1, -0.05) is 19.9 Å². The quantitative estimate of drug-likeness (QED) is 0.828. The van der Waals surface area contributed by atoms with Crippen LogP contribution in [0.25, 0.3) is 0 Å². The molecule has 2 rings (SSSR count). The van der Waals surface area contributed by atoms with Crippen molar-refractivity contribution in [3.63, 3.8) is 0 Å². The van der Waals surface area contributed by atoms with E-state index in [4.69, 9.17) is 4.74 Å². The van der Waals surface area contributed by atoms with Gasteiger partial charge in [-0.2, -0.15) is 0 Å². The first kappa shape index (κ1) is 15.5. The number of nitrogens with one attached hydrogen (secondary N) is 1. The summed E-state index contributed by atoms with van der Waals surface area (Å²) in [6, 6.07) is 8.19. The molecule has 21 heavy (non-hydrogen) atoms. The standard InChI is InChI=1S/C16H18FNO2S/c1-10(2)15(14-5-4-8-21-14)18-13-7-6-11(17)9-12(13)16(19)20-3/h4-10,15,18H,1-3H3. The van der Waals surface area contributed by atoms with Gasteiger partial charge in [-0.3, -0.25) is 0 Å². The van der Waals surface area contributed by atoms with Crippen LogP contribution in [-0.4, -0.2) is 13.1 Å². The van der Waals surface area contributed by atoms with Crippen LogP contribution in [0.3, 0.4) is 0 Å². The molecule has 2 aromatic rings. The predicted octanol–water partition coefficient (Wildman–Crippen LogP) is 4.48. The van der Waals surface area contributed by atoms with Crippen LogP contribution in [0.4, 0.5) is 10.1 Å². The Morgan fingerprint density at radius 1 is 1.33 bits per heavy atom. The maximum atomic E-state index is 13.4. The fraction of sp³-hybridized carbons (Fsp3) is 0.312. The van der Waals surface area contributed by atoms with Crippen molar-refractivity contribution in [1.29, 1.82) is 0 Å². The lowest BCUT2D eigenvalue weighted by atomic mass is 10.0. The van der Waals surface area contributed by atoms with Gasteiger partial charge in [-0.05, 0) is 35.6 Å². The third-order valence-electron chi connectivity index (χ3n) is 3.21. The zero-order valence-corrected chi connectivity index (χ0v) is 13.0. The molecule has 0 aliphatic rings. The van der Waals surface area contributed by atoms with Crippen molar-refractivity contribution in [2.45, 2.75) is 19.9 Å². The van der Waals surface area contributed by atoms with Gasteiger partial charge < -0.3 is 10.1 Å². The molecule has 112 valence electrons. The first-order valence-electron chi connectivity index (χ1n) is 6.70. The number of anilines is 1. The molecule has 1 aromatic heterocycles. The fourth-order valence-corrected chi connectivity index (χ4v) is 3.07. The number of hydrogen-bond donors (Lipinski definition) is 1. The molecular formula is C16H18FNO2S. The first-order valence-corrected chi connectivity index (χ1v) is 7.58. The summed E-state index contributed by atoms with van der Waals surface area (Å²) in [6.07, 6.45) is 0. The highest BCUT2D eigenvalue weighted by molar-refractivity contribution is 7.10. The summed E-state index contributed by atoms with van der Waals surface area (Å²) in [5.41, 5.74) is 0.787. The maximum absolute atomic E-state index is 13.4. The normalized spacial score (nSPS) is 12.2. The molecule has 0 amide bonds. The Bertz CT molecular complexity index is 611. The minimum atomic E-state index is -0.550. The van der Waals surface area contributed by atoms with Crippen molar-refractivity contribution in [2.75, 3.05) is 12.4 Å². The Hall–Kier alpha value is -1.88. The van der Waals surface area contributed by atoms with Crippen molar-refractivity contribution in [2.24, 2.45) is 5.92 Å². The van der Waals surface area contributed by atoms with Crippen LogP contribution >= 0.6 is 11.3 Å². The second-order valence-corrected chi connectivity index (χ2v) is 6.04. The third-order valence-corrected chi connectivity index (χ3v) is 4.17. The minimum absolute atomic E-state index is 0.0545. The van der Waals surface area contributed by atoms with Crippen molar-refractivity contribution in [3.05, 3.63) is 52.0 Å².